The monoisotopic (exact) mass is 260 g/mol. The lowest BCUT2D eigenvalue weighted by Crippen LogP contribution is -2.14. The van der Waals surface area contributed by atoms with Gasteiger partial charge in [0.05, 0.1) is 13.7 Å². The highest BCUT2D eigenvalue weighted by Gasteiger charge is 2.09. The number of hydrogen-bond donors (Lipinski definition) is 2. The second-order valence-corrected chi connectivity index (χ2v) is 3.42. The maximum Gasteiger partial charge on any atom is 0.261 e. The summed E-state index contributed by atoms with van der Waals surface area (Å²) in [5.74, 6) is 0.409. The molecule has 0 bridgehead atoms. The van der Waals surface area contributed by atoms with Gasteiger partial charge in [0.15, 0.2) is 5.84 Å². The highest BCUT2D eigenvalue weighted by atomic mass is 19.3. The lowest BCUT2D eigenvalue weighted by Gasteiger charge is -2.10. The average molecular weight is 260 g/mol. The van der Waals surface area contributed by atoms with Crippen molar-refractivity contribution < 1.29 is 23.5 Å². The predicted molar refractivity (Wildman–Crippen MR) is 61.2 cm³/mol. The fourth-order valence-corrected chi connectivity index (χ4v) is 1.37. The van der Waals surface area contributed by atoms with E-state index in [1.165, 1.54) is 7.11 Å². The maximum atomic E-state index is 12.0. The van der Waals surface area contributed by atoms with Gasteiger partial charge in [0.1, 0.15) is 12.4 Å². The van der Waals surface area contributed by atoms with E-state index in [1.54, 1.807) is 18.2 Å². The smallest absolute Gasteiger partial charge is 0.261 e. The Labute approximate surface area is 103 Å². The van der Waals surface area contributed by atoms with Gasteiger partial charge in [-0.3, -0.25) is 0 Å². The van der Waals surface area contributed by atoms with E-state index < -0.39 is 13.0 Å². The summed E-state index contributed by atoms with van der Waals surface area (Å²) in [6.07, 6.45) is -2.52. The third-order valence-corrected chi connectivity index (χ3v) is 2.19. The second kappa shape index (κ2) is 6.75. The summed E-state index contributed by atoms with van der Waals surface area (Å²) in [6, 6.07) is 4.73. The largest absolute Gasteiger partial charge is 0.496 e. The van der Waals surface area contributed by atoms with Crippen LogP contribution in [0.5, 0.6) is 5.75 Å². The first kappa shape index (κ1) is 14.2. The minimum Gasteiger partial charge on any atom is -0.496 e. The van der Waals surface area contributed by atoms with Gasteiger partial charge >= 0.3 is 0 Å². The Morgan fingerprint density at radius 3 is 2.78 bits per heavy atom. The van der Waals surface area contributed by atoms with Gasteiger partial charge in [-0.05, 0) is 18.2 Å². The van der Waals surface area contributed by atoms with Gasteiger partial charge in [-0.15, -0.1) is 0 Å². The second-order valence-electron chi connectivity index (χ2n) is 3.42. The Morgan fingerprint density at radius 2 is 2.22 bits per heavy atom. The van der Waals surface area contributed by atoms with Crippen molar-refractivity contribution in [3.63, 3.8) is 0 Å². The molecule has 0 aliphatic rings. The number of alkyl halides is 2. The van der Waals surface area contributed by atoms with Crippen LogP contribution in [0.25, 0.3) is 0 Å². The Kier molecular flexibility index (Phi) is 5.31. The fourth-order valence-electron chi connectivity index (χ4n) is 1.37. The molecule has 0 aliphatic carbocycles. The molecule has 0 amide bonds. The minimum atomic E-state index is -2.52. The Morgan fingerprint density at radius 1 is 1.50 bits per heavy atom. The summed E-state index contributed by atoms with van der Waals surface area (Å²) in [7, 11) is 1.45. The normalized spacial score (nSPS) is 11.9. The van der Waals surface area contributed by atoms with Gasteiger partial charge in [0.2, 0.25) is 0 Å². The lowest BCUT2D eigenvalue weighted by molar-refractivity contribution is 0.00932. The zero-order valence-corrected chi connectivity index (χ0v) is 9.77. The third kappa shape index (κ3) is 3.85. The molecule has 1 rings (SSSR count). The molecule has 1 aromatic rings. The van der Waals surface area contributed by atoms with E-state index in [1.807, 2.05) is 0 Å². The van der Waals surface area contributed by atoms with Crippen molar-refractivity contribution in [3.8, 4) is 5.75 Å². The molecule has 0 unspecified atom stereocenters. The van der Waals surface area contributed by atoms with Gasteiger partial charge < -0.3 is 20.4 Å². The van der Waals surface area contributed by atoms with Crippen LogP contribution in [-0.4, -0.2) is 31.2 Å². The van der Waals surface area contributed by atoms with E-state index in [2.05, 4.69) is 5.16 Å². The molecule has 0 saturated heterocycles. The first-order valence-corrected chi connectivity index (χ1v) is 5.09. The minimum absolute atomic E-state index is 0.0416. The summed E-state index contributed by atoms with van der Waals surface area (Å²) in [6.45, 7) is -0.697. The predicted octanol–water partition coefficient (Wildman–Crippen LogP) is 1.57. The van der Waals surface area contributed by atoms with E-state index in [0.717, 1.165) is 0 Å². The number of nitrogens with zero attached hydrogens (tertiary/aromatic N) is 1. The molecule has 0 aromatic heterocycles. The van der Waals surface area contributed by atoms with Crippen molar-refractivity contribution in [2.24, 2.45) is 10.9 Å². The number of oxime groups is 1. The molecule has 0 heterocycles. The van der Waals surface area contributed by atoms with E-state index in [-0.39, 0.29) is 12.4 Å². The topological polar surface area (TPSA) is 77.1 Å². The molecule has 3 N–H and O–H groups in total. The lowest BCUT2D eigenvalue weighted by atomic mass is 10.1. The molecule has 100 valence electrons. The molecular weight excluding hydrogens is 246 g/mol. The number of rotatable bonds is 6. The molecule has 0 saturated carbocycles. The average Bonchev–Trinajstić information content (AvgIpc) is 2.37. The molecular formula is C11H14F2N2O3. The van der Waals surface area contributed by atoms with Crippen LogP contribution in [0.15, 0.2) is 23.4 Å². The van der Waals surface area contributed by atoms with E-state index in [0.29, 0.717) is 16.9 Å². The van der Waals surface area contributed by atoms with Crippen molar-refractivity contribution in [2.45, 2.75) is 13.0 Å². The highest BCUT2D eigenvalue weighted by molar-refractivity contribution is 5.97. The van der Waals surface area contributed by atoms with Crippen molar-refractivity contribution in [1.29, 1.82) is 0 Å². The highest BCUT2D eigenvalue weighted by Crippen LogP contribution is 2.21. The van der Waals surface area contributed by atoms with Crippen LogP contribution in [0.2, 0.25) is 0 Å². The first-order chi connectivity index (χ1) is 8.58. The number of benzene rings is 1. The van der Waals surface area contributed by atoms with Crippen LogP contribution in [0.3, 0.4) is 0 Å². The summed E-state index contributed by atoms with van der Waals surface area (Å²) in [5, 5.41) is 11.4. The number of ether oxygens (including phenoxy) is 2. The summed E-state index contributed by atoms with van der Waals surface area (Å²) < 4.78 is 33.8. The molecule has 0 spiro atoms. The van der Waals surface area contributed by atoms with Crippen LogP contribution in [0.4, 0.5) is 8.78 Å². The van der Waals surface area contributed by atoms with Crippen molar-refractivity contribution >= 4 is 5.84 Å². The van der Waals surface area contributed by atoms with E-state index in [4.69, 9.17) is 20.4 Å². The Hall–Kier alpha value is -1.89. The van der Waals surface area contributed by atoms with Gasteiger partial charge in [-0.2, -0.15) is 0 Å². The zero-order valence-electron chi connectivity index (χ0n) is 9.77. The summed E-state index contributed by atoms with van der Waals surface area (Å²) in [4.78, 5) is 0. The maximum absolute atomic E-state index is 12.0. The molecule has 0 radical (unpaired) electrons. The van der Waals surface area contributed by atoms with Gasteiger partial charge in [-0.25, -0.2) is 8.78 Å². The zero-order chi connectivity index (χ0) is 13.5. The quantitative estimate of drug-likeness (QED) is 0.352. The number of methoxy groups -OCH3 is 1. The third-order valence-electron chi connectivity index (χ3n) is 2.19. The fraction of sp³-hybridized carbons (Fsp3) is 0.364. The van der Waals surface area contributed by atoms with Crippen molar-refractivity contribution in [3.05, 3.63) is 29.3 Å². The molecule has 18 heavy (non-hydrogen) atoms. The van der Waals surface area contributed by atoms with Crippen LogP contribution >= 0.6 is 0 Å². The number of amidine groups is 1. The van der Waals surface area contributed by atoms with Crippen LogP contribution in [0.1, 0.15) is 11.1 Å². The Bertz CT molecular complexity index is 425. The number of nitrogens with two attached hydrogens (primary N) is 1. The number of halogens is 2. The molecule has 1 aromatic carbocycles. The van der Waals surface area contributed by atoms with Crippen LogP contribution in [0, 0.1) is 0 Å². The molecule has 0 fully saturated rings. The molecule has 7 heteroatoms. The molecule has 0 atom stereocenters. The molecule has 5 nitrogen and oxygen atoms in total. The van der Waals surface area contributed by atoms with Crippen LogP contribution < -0.4 is 10.5 Å². The standard InChI is InChI=1S/C11H14F2N2O3/c1-17-9-3-2-7(11(14)15-16)4-8(9)5-18-6-10(12)13/h2-4,10,16H,5-6H2,1H3,(H2,14,15). The van der Waals surface area contributed by atoms with Gasteiger partial charge in [0, 0.05) is 11.1 Å². The van der Waals surface area contributed by atoms with E-state index in [9.17, 15) is 8.78 Å². The summed E-state index contributed by atoms with van der Waals surface area (Å²) in [5.41, 5.74) is 6.43. The molecule has 0 aliphatic heterocycles. The van der Waals surface area contributed by atoms with Crippen molar-refractivity contribution in [2.75, 3.05) is 13.7 Å². The van der Waals surface area contributed by atoms with Crippen LogP contribution in [-0.2, 0) is 11.3 Å². The first-order valence-electron chi connectivity index (χ1n) is 5.09. The van der Waals surface area contributed by atoms with Gasteiger partial charge in [0.25, 0.3) is 6.43 Å². The van der Waals surface area contributed by atoms with Gasteiger partial charge in [-0.1, -0.05) is 5.16 Å². The van der Waals surface area contributed by atoms with Crippen molar-refractivity contribution in [1.82, 2.24) is 0 Å². The van der Waals surface area contributed by atoms with E-state index >= 15 is 0 Å². The summed E-state index contributed by atoms with van der Waals surface area (Å²) >= 11 is 0. The SMILES string of the molecule is COc1ccc(/C(N)=N/O)cc1COCC(F)F. The Balaban J connectivity index is 2.85. The number of hydrogen-bond acceptors (Lipinski definition) is 4.